The highest BCUT2D eigenvalue weighted by Crippen LogP contribution is 2.49. The standard InChI is InChI=1S/C19H12Cl4O5S/c20-12-5-11(6-15(25)7-12)19(29(26,27)28,10-1-3-14(24)4-2-10)16-8-13(21)9-17(22)18(16)23/h1-9,24-25H,(H,26,27,28). The Morgan fingerprint density at radius 1 is 0.724 bits per heavy atom. The maximum absolute atomic E-state index is 13.0. The summed E-state index contributed by atoms with van der Waals surface area (Å²) in [4.78, 5) is 0. The lowest BCUT2D eigenvalue weighted by Gasteiger charge is -2.33. The van der Waals surface area contributed by atoms with Gasteiger partial charge < -0.3 is 10.2 Å². The summed E-state index contributed by atoms with van der Waals surface area (Å²) < 4.78 is 34.0. The smallest absolute Gasteiger partial charge is 0.283 e. The minimum absolute atomic E-state index is 0.000278. The summed E-state index contributed by atoms with van der Waals surface area (Å²) in [6.07, 6.45) is 0. The average molecular weight is 494 g/mol. The van der Waals surface area contributed by atoms with E-state index in [-0.39, 0.29) is 48.3 Å². The molecule has 1 unspecified atom stereocenters. The van der Waals surface area contributed by atoms with Gasteiger partial charge in [0.25, 0.3) is 10.1 Å². The van der Waals surface area contributed by atoms with Crippen LogP contribution in [0.15, 0.2) is 54.6 Å². The van der Waals surface area contributed by atoms with Crippen molar-refractivity contribution >= 4 is 56.5 Å². The lowest BCUT2D eigenvalue weighted by Crippen LogP contribution is -2.38. The second kappa shape index (κ2) is 7.87. The molecular weight excluding hydrogens is 482 g/mol. The Kier molecular flexibility index (Phi) is 5.98. The molecule has 0 saturated heterocycles. The maximum Gasteiger partial charge on any atom is 0.283 e. The molecular formula is C19H12Cl4O5S. The highest BCUT2D eigenvalue weighted by Gasteiger charge is 2.50. The molecule has 0 aliphatic carbocycles. The predicted octanol–water partition coefficient (Wildman–Crippen LogP) is 5.89. The van der Waals surface area contributed by atoms with Crippen LogP contribution >= 0.6 is 46.4 Å². The fourth-order valence-electron chi connectivity index (χ4n) is 3.20. The minimum Gasteiger partial charge on any atom is -0.508 e. The predicted molar refractivity (Wildman–Crippen MR) is 114 cm³/mol. The van der Waals surface area contributed by atoms with Crippen LogP contribution < -0.4 is 0 Å². The fraction of sp³-hybridized carbons (Fsp3) is 0.0526. The van der Waals surface area contributed by atoms with Crippen molar-refractivity contribution in [1.82, 2.24) is 0 Å². The number of halogens is 4. The Hall–Kier alpha value is -1.67. The van der Waals surface area contributed by atoms with Crippen LogP contribution in [0.3, 0.4) is 0 Å². The van der Waals surface area contributed by atoms with Crippen molar-refractivity contribution in [3.8, 4) is 11.5 Å². The van der Waals surface area contributed by atoms with Gasteiger partial charge in [0.2, 0.25) is 0 Å². The molecule has 0 spiro atoms. The van der Waals surface area contributed by atoms with E-state index in [1.807, 2.05) is 0 Å². The van der Waals surface area contributed by atoms with Crippen molar-refractivity contribution < 1.29 is 23.2 Å². The summed E-state index contributed by atoms with van der Waals surface area (Å²) >= 11 is 24.6. The SMILES string of the molecule is O=S(=O)(O)C(c1ccc(O)cc1)(c1cc(O)cc(Cl)c1)c1cc(Cl)cc(Cl)c1Cl. The van der Waals surface area contributed by atoms with Gasteiger partial charge in [-0.1, -0.05) is 58.5 Å². The van der Waals surface area contributed by atoms with Crippen molar-refractivity contribution in [2.45, 2.75) is 4.75 Å². The first-order valence-corrected chi connectivity index (χ1v) is 10.8. The molecule has 0 aliphatic heterocycles. The summed E-state index contributed by atoms with van der Waals surface area (Å²) in [5.41, 5.74) is -0.276. The van der Waals surface area contributed by atoms with Gasteiger partial charge in [0.1, 0.15) is 11.5 Å². The van der Waals surface area contributed by atoms with Gasteiger partial charge in [-0.05, 0) is 53.6 Å². The van der Waals surface area contributed by atoms with Crippen LogP contribution in [0.2, 0.25) is 20.1 Å². The van der Waals surface area contributed by atoms with E-state index in [1.54, 1.807) is 0 Å². The zero-order valence-electron chi connectivity index (χ0n) is 14.3. The highest BCUT2D eigenvalue weighted by atomic mass is 35.5. The summed E-state index contributed by atoms with van der Waals surface area (Å²) in [7, 11) is -5.04. The van der Waals surface area contributed by atoms with Gasteiger partial charge in [-0.25, -0.2) is 0 Å². The Bertz CT molecular complexity index is 1180. The number of hydrogen-bond acceptors (Lipinski definition) is 4. The van der Waals surface area contributed by atoms with Crippen LogP contribution in [0.5, 0.6) is 11.5 Å². The summed E-state index contributed by atoms with van der Waals surface area (Å²) in [5, 5.41) is 19.6. The molecule has 1 atom stereocenters. The summed E-state index contributed by atoms with van der Waals surface area (Å²) in [6, 6.07) is 11.2. The highest BCUT2D eigenvalue weighted by molar-refractivity contribution is 7.87. The maximum atomic E-state index is 13.0. The molecule has 3 aromatic carbocycles. The van der Waals surface area contributed by atoms with Crippen molar-refractivity contribution in [3.05, 3.63) is 91.4 Å². The Labute approximate surface area is 186 Å². The molecule has 0 heterocycles. The van der Waals surface area contributed by atoms with E-state index in [1.165, 1.54) is 48.5 Å². The molecule has 0 saturated carbocycles. The van der Waals surface area contributed by atoms with Gasteiger partial charge in [0.15, 0.2) is 4.75 Å². The summed E-state index contributed by atoms with van der Waals surface area (Å²) in [6.45, 7) is 0. The molecule has 29 heavy (non-hydrogen) atoms. The number of phenols is 2. The number of benzene rings is 3. The van der Waals surface area contributed by atoms with Gasteiger partial charge in [0.05, 0.1) is 10.0 Å². The van der Waals surface area contributed by atoms with Crippen molar-refractivity contribution in [2.75, 3.05) is 0 Å². The molecule has 0 bridgehead atoms. The quantitative estimate of drug-likeness (QED) is 0.239. The number of rotatable bonds is 4. The van der Waals surface area contributed by atoms with Gasteiger partial charge >= 0.3 is 0 Å². The van der Waals surface area contributed by atoms with Crippen molar-refractivity contribution in [1.29, 1.82) is 0 Å². The van der Waals surface area contributed by atoms with Crippen LogP contribution in [0.4, 0.5) is 0 Å². The number of phenolic OH excluding ortho intramolecular Hbond substituents is 2. The molecule has 0 radical (unpaired) electrons. The molecule has 0 aromatic heterocycles. The zero-order valence-corrected chi connectivity index (χ0v) is 18.1. The van der Waals surface area contributed by atoms with Crippen molar-refractivity contribution in [2.24, 2.45) is 0 Å². The molecule has 10 heteroatoms. The molecule has 0 fully saturated rings. The Morgan fingerprint density at radius 3 is 1.86 bits per heavy atom. The third-order valence-electron chi connectivity index (χ3n) is 4.32. The number of hydrogen-bond donors (Lipinski definition) is 3. The molecule has 152 valence electrons. The van der Waals surface area contributed by atoms with Gasteiger partial charge in [-0.15, -0.1) is 0 Å². The zero-order chi connectivity index (χ0) is 21.6. The van der Waals surface area contributed by atoms with Crippen molar-refractivity contribution in [3.63, 3.8) is 0 Å². The van der Waals surface area contributed by atoms with Crippen LogP contribution in [-0.2, 0) is 14.9 Å². The lowest BCUT2D eigenvalue weighted by atomic mass is 9.83. The van der Waals surface area contributed by atoms with E-state index in [4.69, 9.17) is 46.4 Å². The topological polar surface area (TPSA) is 94.8 Å². The normalized spacial score (nSPS) is 13.8. The third kappa shape index (κ3) is 3.89. The van der Waals surface area contributed by atoms with E-state index < -0.39 is 14.9 Å². The van der Waals surface area contributed by atoms with Crippen LogP contribution in [0.1, 0.15) is 16.7 Å². The lowest BCUT2D eigenvalue weighted by molar-refractivity contribution is 0.455. The second-order valence-corrected chi connectivity index (χ2v) is 9.37. The van der Waals surface area contributed by atoms with Crippen LogP contribution in [0, 0.1) is 0 Å². The van der Waals surface area contributed by atoms with E-state index in [9.17, 15) is 23.2 Å². The van der Waals surface area contributed by atoms with E-state index in [0.29, 0.717) is 0 Å². The first-order valence-electron chi connectivity index (χ1n) is 7.88. The van der Waals surface area contributed by atoms with Gasteiger partial charge in [-0.3, -0.25) is 4.55 Å². The second-order valence-electron chi connectivity index (χ2n) is 6.15. The van der Waals surface area contributed by atoms with Crippen LogP contribution in [-0.4, -0.2) is 23.2 Å². The number of aromatic hydroxyl groups is 2. The van der Waals surface area contributed by atoms with E-state index >= 15 is 0 Å². The molecule has 0 amide bonds. The molecule has 3 N–H and O–H groups in total. The Morgan fingerprint density at radius 2 is 1.31 bits per heavy atom. The molecule has 3 aromatic rings. The summed E-state index contributed by atoms with van der Waals surface area (Å²) in [5.74, 6) is -0.481. The van der Waals surface area contributed by atoms with Crippen LogP contribution in [0.25, 0.3) is 0 Å². The van der Waals surface area contributed by atoms with E-state index in [2.05, 4.69) is 0 Å². The first-order chi connectivity index (χ1) is 13.5. The molecule has 5 nitrogen and oxygen atoms in total. The first kappa shape index (κ1) is 22.0. The molecule has 3 rings (SSSR count). The van der Waals surface area contributed by atoms with E-state index in [0.717, 1.165) is 6.07 Å². The fourth-order valence-corrected chi connectivity index (χ4v) is 5.52. The molecule has 0 aliphatic rings. The monoisotopic (exact) mass is 492 g/mol. The largest absolute Gasteiger partial charge is 0.508 e. The third-order valence-corrected chi connectivity index (χ3v) is 7.03. The minimum atomic E-state index is -5.04. The average Bonchev–Trinajstić information content (AvgIpc) is 2.59. The Balaban J connectivity index is 2.60. The van der Waals surface area contributed by atoms with Gasteiger partial charge in [-0.2, -0.15) is 8.42 Å². The van der Waals surface area contributed by atoms with Gasteiger partial charge in [0, 0.05) is 15.6 Å².